The number of carbonyl (C=O) groups excluding carboxylic acids is 2. The van der Waals surface area contributed by atoms with E-state index in [0.29, 0.717) is 31.5 Å². The Morgan fingerprint density at radius 2 is 1.90 bits per heavy atom. The number of nitrogens with one attached hydrogen (secondary N) is 2. The maximum atomic E-state index is 15.0. The Morgan fingerprint density at radius 3 is 2.66 bits per heavy atom. The second kappa shape index (κ2) is 9.37. The molecule has 2 heterocycles. The first-order valence-electron chi connectivity index (χ1n) is 9.81. The molecule has 0 aliphatic carbocycles. The third kappa shape index (κ3) is 4.43. The number of piperidine rings is 1. The molecule has 7 heteroatoms. The number of nitrogens with zero attached hydrogens (tertiary/aromatic N) is 1. The van der Waals surface area contributed by atoms with Crippen LogP contribution in [0.15, 0.2) is 42.5 Å². The van der Waals surface area contributed by atoms with Crippen molar-refractivity contribution in [2.75, 3.05) is 18.4 Å². The second-order valence-electron chi connectivity index (χ2n) is 7.34. The summed E-state index contributed by atoms with van der Waals surface area (Å²) in [5.74, 6) is -0.786. The molecule has 4 rings (SSSR count). The van der Waals surface area contributed by atoms with E-state index < -0.39 is 6.04 Å². The lowest BCUT2D eigenvalue weighted by atomic mass is 9.98. The number of hydrogen-bond donors (Lipinski definition) is 2. The van der Waals surface area contributed by atoms with E-state index in [4.69, 9.17) is 0 Å². The third-order valence-corrected chi connectivity index (χ3v) is 5.50. The van der Waals surface area contributed by atoms with E-state index in [2.05, 4.69) is 10.6 Å². The summed E-state index contributed by atoms with van der Waals surface area (Å²) in [7, 11) is 0. The lowest BCUT2D eigenvalue weighted by molar-refractivity contribution is -0.141. The van der Waals surface area contributed by atoms with Crippen LogP contribution >= 0.6 is 12.4 Å². The topological polar surface area (TPSA) is 61.4 Å². The highest BCUT2D eigenvalue weighted by Gasteiger charge is 2.33. The first-order chi connectivity index (χ1) is 13.6. The van der Waals surface area contributed by atoms with E-state index in [1.165, 1.54) is 0 Å². The zero-order chi connectivity index (χ0) is 19.5. The summed E-state index contributed by atoms with van der Waals surface area (Å²) in [6.07, 6.45) is 2.74. The predicted molar refractivity (Wildman–Crippen MR) is 112 cm³/mol. The molecule has 154 valence electrons. The Balaban J connectivity index is 0.00000240. The standard InChI is InChI=1S/C22H24FN3O2.ClH/c23-20-17-11-12-24-14-16(17)9-10-18(20)25-22(28)21(15-6-2-1-3-7-15)26-13-5-4-8-19(26)27;/h1-3,6-7,9-10,21,24H,4-5,8,11-14H2,(H,25,28);1H. The Hall–Kier alpha value is -2.44. The van der Waals surface area contributed by atoms with Crippen LogP contribution in [0.4, 0.5) is 10.1 Å². The molecule has 0 radical (unpaired) electrons. The highest BCUT2D eigenvalue weighted by molar-refractivity contribution is 5.98. The summed E-state index contributed by atoms with van der Waals surface area (Å²) in [6.45, 7) is 1.88. The first-order valence-corrected chi connectivity index (χ1v) is 9.81. The summed E-state index contributed by atoms with van der Waals surface area (Å²) < 4.78 is 15.0. The van der Waals surface area contributed by atoms with Gasteiger partial charge in [-0.1, -0.05) is 36.4 Å². The van der Waals surface area contributed by atoms with Gasteiger partial charge in [0, 0.05) is 19.5 Å². The van der Waals surface area contributed by atoms with Gasteiger partial charge in [-0.3, -0.25) is 9.59 Å². The van der Waals surface area contributed by atoms with Crippen LogP contribution in [0.25, 0.3) is 0 Å². The SMILES string of the molecule is Cl.O=C(Nc1ccc2c(c1F)CCNC2)C(c1ccccc1)N1CCCCC1=O. The van der Waals surface area contributed by atoms with E-state index in [-0.39, 0.29) is 35.7 Å². The number of fused-ring (bicyclic) bond motifs is 1. The van der Waals surface area contributed by atoms with Gasteiger partial charge in [-0.05, 0) is 48.6 Å². The number of likely N-dealkylation sites (tertiary alicyclic amines) is 1. The number of anilines is 1. The van der Waals surface area contributed by atoms with Crippen LogP contribution in [-0.2, 0) is 22.6 Å². The predicted octanol–water partition coefficient (Wildman–Crippen LogP) is 3.59. The Kier molecular flexibility index (Phi) is 6.87. The summed E-state index contributed by atoms with van der Waals surface area (Å²) in [5.41, 5.74) is 2.49. The molecule has 5 nitrogen and oxygen atoms in total. The molecule has 0 spiro atoms. The number of amides is 2. The zero-order valence-corrected chi connectivity index (χ0v) is 16.9. The van der Waals surface area contributed by atoms with Crippen LogP contribution in [0.2, 0.25) is 0 Å². The van der Waals surface area contributed by atoms with Crippen molar-refractivity contribution < 1.29 is 14.0 Å². The molecule has 2 aliphatic heterocycles. The van der Waals surface area contributed by atoms with Gasteiger partial charge in [-0.25, -0.2) is 4.39 Å². The number of halogens is 2. The highest BCUT2D eigenvalue weighted by atomic mass is 35.5. The lowest BCUT2D eigenvalue weighted by Gasteiger charge is -2.34. The summed E-state index contributed by atoms with van der Waals surface area (Å²) in [6, 6.07) is 11.9. The van der Waals surface area contributed by atoms with Gasteiger partial charge in [0.15, 0.2) is 0 Å². The number of carbonyl (C=O) groups is 2. The van der Waals surface area contributed by atoms with Crippen molar-refractivity contribution in [3.8, 4) is 0 Å². The van der Waals surface area contributed by atoms with Gasteiger partial charge in [0.25, 0.3) is 5.91 Å². The van der Waals surface area contributed by atoms with Crippen LogP contribution < -0.4 is 10.6 Å². The van der Waals surface area contributed by atoms with Crippen LogP contribution in [0, 0.1) is 5.82 Å². The largest absolute Gasteiger partial charge is 0.327 e. The maximum Gasteiger partial charge on any atom is 0.251 e. The lowest BCUT2D eigenvalue weighted by Crippen LogP contribution is -2.43. The maximum absolute atomic E-state index is 15.0. The van der Waals surface area contributed by atoms with Crippen molar-refractivity contribution in [3.05, 3.63) is 65.0 Å². The molecule has 1 unspecified atom stereocenters. The molecule has 0 bridgehead atoms. The van der Waals surface area contributed by atoms with Crippen LogP contribution in [-0.4, -0.2) is 29.8 Å². The van der Waals surface area contributed by atoms with Crippen molar-refractivity contribution in [3.63, 3.8) is 0 Å². The summed E-state index contributed by atoms with van der Waals surface area (Å²) >= 11 is 0. The average Bonchev–Trinajstić information content (AvgIpc) is 2.73. The van der Waals surface area contributed by atoms with Gasteiger partial charge in [-0.2, -0.15) is 0 Å². The molecule has 29 heavy (non-hydrogen) atoms. The molecule has 0 aromatic heterocycles. The Bertz CT molecular complexity index is 891. The number of rotatable bonds is 4. The second-order valence-corrected chi connectivity index (χ2v) is 7.34. The fourth-order valence-electron chi connectivity index (χ4n) is 4.04. The van der Waals surface area contributed by atoms with Crippen LogP contribution in [0.5, 0.6) is 0 Å². The van der Waals surface area contributed by atoms with E-state index in [1.807, 2.05) is 36.4 Å². The Labute approximate surface area is 176 Å². The molecule has 1 atom stereocenters. The van der Waals surface area contributed by atoms with Crippen LogP contribution in [0.1, 0.15) is 42.0 Å². The average molecular weight is 418 g/mol. The van der Waals surface area contributed by atoms with Gasteiger partial charge in [0.05, 0.1) is 5.69 Å². The number of benzene rings is 2. The molecule has 0 saturated carbocycles. The monoisotopic (exact) mass is 417 g/mol. The van der Waals surface area contributed by atoms with Crippen molar-refractivity contribution in [1.82, 2.24) is 10.2 Å². The number of hydrogen-bond acceptors (Lipinski definition) is 3. The minimum absolute atomic E-state index is 0. The van der Waals surface area contributed by atoms with Crippen molar-refractivity contribution in [2.45, 2.75) is 38.3 Å². The van der Waals surface area contributed by atoms with E-state index in [0.717, 1.165) is 30.5 Å². The Morgan fingerprint density at radius 1 is 1.10 bits per heavy atom. The summed E-state index contributed by atoms with van der Waals surface area (Å²) in [4.78, 5) is 27.3. The van der Waals surface area contributed by atoms with Gasteiger partial charge in [0.2, 0.25) is 5.91 Å². The fourth-order valence-corrected chi connectivity index (χ4v) is 4.04. The molecule has 1 fully saturated rings. The van der Waals surface area contributed by atoms with Crippen LogP contribution in [0.3, 0.4) is 0 Å². The molecular formula is C22H25ClFN3O2. The fraction of sp³-hybridized carbons (Fsp3) is 0.364. The van der Waals surface area contributed by atoms with Gasteiger partial charge in [-0.15, -0.1) is 12.4 Å². The molecular weight excluding hydrogens is 393 g/mol. The molecule has 2 N–H and O–H groups in total. The van der Waals surface area contributed by atoms with E-state index in [9.17, 15) is 14.0 Å². The van der Waals surface area contributed by atoms with Crippen molar-refractivity contribution in [2.24, 2.45) is 0 Å². The smallest absolute Gasteiger partial charge is 0.251 e. The molecule has 2 aromatic carbocycles. The van der Waals surface area contributed by atoms with E-state index >= 15 is 0 Å². The first kappa shape index (κ1) is 21.3. The van der Waals surface area contributed by atoms with Crippen molar-refractivity contribution in [1.29, 1.82) is 0 Å². The van der Waals surface area contributed by atoms with E-state index in [1.54, 1.807) is 11.0 Å². The minimum atomic E-state index is -0.758. The normalized spacial score (nSPS) is 17.1. The van der Waals surface area contributed by atoms with Gasteiger partial charge >= 0.3 is 0 Å². The summed E-state index contributed by atoms with van der Waals surface area (Å²) in [5, 5.41) is 5.97. The molecule has 2 aliphatic rings. The molecule has 1 saturated heterocycles. The quantitative estimate of drug-likeness (QED) is 0.799. The molecule has 2 amide bonds. The highest BCUT2D eigenvalue weighted by Crippen LogP contribution is 2.29. The third-order valence-electron chi connectivity index (χ3n) is 5.50. The van der Waals surface area contributed by atoms with Gasteiger partial charge in [0.1, 0.15) is 11.9 Å². The zero-order valence-electron chi connectivity index (χ0n) is 16.1. The van der Waals surface area contributed by atoms with Gasteiger partial charge < -0.3 is 15.5 Å². The molecule has 2 aromatic rings. The van der Waals surface area contributed by atoms with Crippen molar-refractivity contribution >= 4 is 29.9 Å². The minimum Gasteiger partial charge on any atom is -0.327 e.